The maximum absolute atomic E-state index is 13.3. The summed E-state index contributed by atoms with van der Waals surface area (Å²) >= 11 is 0. The van der Waals surface area contributed by atoms with Gasteiger partial charge in [0.2, 0.25) is 0 Å². The van der Waals surface area contributed by atoms with E-state index in [-0.39, 0.29) is 11.8 Å². The van der Waals surface area contributed by atoms with E-state index in [1.165, 1.54) is 5.56 Å². The number of likely N-dealkylation sites (N-methyl/N-ethyl adjacent to an activating group) is 1. The molecule has 1 N–H and O–H groups in total. The van der Waals surface area contributed by atoms with Crippen LogP contribution in [0.15, 0.2) is 24.3 Å². The number of quaternary nitrogens is 1. The summed E-state index contributed by atoms with van der Waals surface area (Å²) < 4.78 is 1.97. The molecule has 0 spiro atoms. The molecule has 1 aliphatic rings. The summed E-state index contributed by atoms with van der Waals surface area (Å²) in [6.45, 7) is 15.4. The quantitative estimate of drug-likeness (QED) is 0.911. The molecule has 1 aliphatic heterocycles. The zero-order valence-corrected chi connectivity index (χ0v) is 16.7. The number of carbonyl (C=O) groups is 1. The molecule has 0 unspecified atom stereocenters. The number of piperazine rings is 1. The molecule has 1 amide bonds. The van der Waals surface area contributed by atoms with Crippen LogP contribution in [0.3, 0.4) is 0 Å². The summed E-state index contributed by atoms with van der Waals surface area (Å²) in [6, 6.07) is 8.30. The number of nitrogens with zero attached hydrogens (tertiary/aromatic N) is 3. The van der Waals surface area contributed by atoms with Crippen molar-refractivity contribution in [3.8, 4) is 5.69 Å². The Morgan fingerprint density at radius 1 is 1.23 bits per heavy atom. The highest BCUT2D eigenvalue weighted by Gasteiger charge is 2.30. The maximum atomic E-state index is 13.3. The summed E-state index contributed by atoms with van der Waals surface area (Å²) in [5.74, 6) is 0.360. The summed E-state index contributed by atoms with van der Waals surface area (Å²) in [7, 11) is 0. The first-order valence-electron chi connectivity index (χ1n) is 9.71. The van der Waals surface area contributed by atoms with Gasteiger partial charge in [0.25, 0.3) is 5.91 Å². The summed E-state index contributed by atoms with van der Waals surface area (Å²) in [4.78, 5) is 16.9. The molecule has 1 aromatic carbocycles. The molecule has 140 valence electrons. The van der Waals surface area contributed by atoms with Crippen molar-refractivity contribution in [2.24, 2.45) is 0 Å². The highest BCUT2D eigenvalue weighted by atomic mass is 16.2. The maximum Gasteiger partial charge on any atom is 0.258 e. The minimum absolute atomic E-state index is 0.139. The number of rotatable bonds is 4. The van der Waals surface area contributed by atoms with Gasteiger partial charge in [-0.05, 0) is 44.4 Å². The van der Waals surface area contributed by atoms with E-state index in [0.717, 1.165) is 55.4 Å². The Bertz CT molecular complexity index is 785. The Morgan fingerprint density at radius 2 is 1.92 bits per heavy atom. The van der Waals surface area contributed by atoms with Crippen LogP contribution in [-0.2, 0) is 0 Å². The van der Waals surface area contributed by atoms with Crippen molar-refractivity contribution < 1.29 is 9.69 Å². The zero-order valence-electron chi connectivity index (χ0n) is 16.7. The lowest BCUT2D eigenvalue weighted by atomic mass is 10.0. The Morgan fingerprint density at radius 3 is 2.50 bits per heavy atom. The molecule has 1 aromatic heterocycles. The van der Waals surface area contributed by atoms with Crippen molar-refractivity contribution in [3.63, 3.8) is 0 Å². The number of hydrogen-bond donors (Lipinski definition) is 1. The fourth-order valence-electron chi connectivity index (χ4n) is 3.84. The van der Waals surface area contributed by atoms with E-state index in [0.29, 0.717) is 0 Å². The summed E-state index contributed by atoms with van der Waals surface area (Å²) in [6.07, 6.45) is 0. The van der Waals surface area contributed by atoms with Gasteiger partial charge in [0, 0.05) is 0 Å². The molecule has 2 heterocycles. The normalized spacial score (nSPS) is 15.7. The van der Waals surface area contributed by atoms with Crippen LogP contribution in [0.5, 0.6) is 0 Å². The van der Waals surface area contributed by atoms with E-state index in [4.69, 9.17) is 5.10 Å². The molecule has 0 atom stereocenters. The van der Waals surface area contributed by atoms with Gasteiger partial charge in [0.1, 0.15) is 0 Å². The number of hydrogen-bond acceptors (Lipinski definition) is 2. The molecule has 1 fully saturated rings. The van der Waals surface area contributed by atoms with Crippen LogP contribution in [0.2, 0.25) is 0 Å². The number of benzene rings is 1. The first-order valence-corrected chi connectivity index (χ1v) is 9.71. The molecular weight excluding hydrogens is 324 g/mol. The third-order valence-electron chi connectivity index (χ3n) is 5.36. The second-order valence-corrected chi connectivity index (χ2v) is 7.65. The monoisotopic (exact) mass is 355 g/mol. The van der Waals surface area contributed by atoms with E-state index < -0.39 is 0 Å². The first kappa shape index (κ1) is 18.6. The molecule has 5 nitrogen and oxygen atoms in total. The largest absolute Gasteiger partial charge is 0.332 e. The predicted molar refractivity (Wildman–Crippen MR) is 104 cm³/mol. The second kappa shape index (κ2) is 7.62. The molecular formula is C21H31N4O+. The summed E-state index contributed by atoms with van der Waals surface area (Å²) in [5.41, 5.74) is 4.85. The molecule has 26 heavy (non-hydrogen) atoms. The van der Waals surface area contributed by atoms with Crippen LogP contribution in [0, 0.1) is 13.8 Å². The lowest BCUT2D eigenvalue weighted by Crippen LogP contribution is -3.14. The lowest BCUT2D eigenvalue weighted by Gasteiger charge is -2.32. The van der Waals surface area contributed by atoms with Crippen molar-refractivity contribution in [1.29, 1.82) is 0 Å². The van der Waals surface area contributed by atoms with Crippen LogP contribution in [0.1, 0.15) is 54.0 Å². The smallest absolute Gasteiger partial charge is 0.258 e. The minimum Gasteiger partial charge on any atom is -0.332 e. The Kier molecular flexibility index (Phi) is 5.47. The molecule has 0 aliphatic carbocycles. The molecule has 5 heteroatoms. The standard InChI is InChI=1S/C21H30N4O/c1-6-23-10-12-24(13-11-23)21(26)19-17(5)22-25(20(19)15(2)3)18-9-7-8-16(4)14-18/h7-9,14-15H,6,10-13H2,1-5H3/p+1. The summed E-state index contributed by atoms with van der Waals surface area (Å²) in [5, 5.41) is 4.75. The van der Waals surface area contributed by atoms with Gasteiger partial charge in [0.05, 0.1) is 55.4 Å². The van der Waals surface area contributed by atoms with Crippen molar-refractivity contribution in [1.82, 2.24) is 14.7 Å². The number of aryl methyl sites for hydroxylation is 2. The molecule has 0 saturated carbocycles. The van der Waals surface area contributed by atoms with E-state index in [9.17, 15) is 4.79 Å². The van der Waals surface area contributed by atoms with Gasteiger partial charge < -0.3 is 9.80 Å². The fraction of sp³-hybridized carbons (Fsp3) is 0.524. The van der Waals surface area contributed by atoms with Crippen LogP contribution in [-0.4, -0.2) is 53.3 Å². The minimum atomic E-state index is 0.139. The highest BCUT2D eigenvalue weighted by molar-refractivity contribution is 5.97. The van der Waals surface area contributed by atoms with Crippen molar-refractivity contribution in [3.05, 3.63) is 46.8 Å². The van der Waals surface area contributed by atoms with Crippen LogP contribution in [0.4, 0.5) is 0 Å². The van der Waals surface area contributed by atoms with E-state index in [1.807, 2.05) is 22.6 Å². The second-order valence-electron chi connectivity index (χ2n) is 7.65. The first-order chi connectivity index (χ1) is 12.4. The van der Waals surface area contributed by atoms with E-state index in [1.54, 1.807) is 4.90 Å². The Balaban J connectivity index is 1.98. The van der Waals surface area contributed by atoms with Gasteiger partial charge in [-0.2, -0.15) is 5.10 Å². The van der Waals surface area contributed by atoms with Gasteiger partial charge >= 0.3 is 0 Å². The Labute approximate surface area is 156 Å². The third-order valence-corrected chi connectivity index (χ3v) is 5.36. The lowest BCUT2D eigenvalue weighted by molar-refractivity contribution is -0.902. The number of nitrogens with one attached hydrogen (secondary N) is 1. The third kappa shape index (κ3) is 3.54. The molecule has 1 saturated heterocycles. The van der Waals surface area contributed by atoms with Crippen LogP contribution < -0.4 is 4.90 Å². The molecule has 0 radical (unpaired) electrons. The highest BCUT2D eigenvalue weighted by Crippen LogP contribution is 2.27. The van der Waals surface area contributed by atoms with Gasteiger partial charge in [-0.25, -0.2) is 4.68 Å². The van der Waals surface area contributed by atoms with Gasteiger partial charge in [-0.3, -0.25) is 4.79 Å². The van der Waals surface area contributed by atoms with E-state index >= 15 is 0 Å². The van der Waals surface area contributed by atoms with Gasteiger partial charge in [0.15, 0.2) is 0 Å². The van der Waals surface area contributed by atoms with Crippen molar-refractivity contribution in [2.45, 2.75) is 40.5 Å². The number of carbonyl (C=O) groups excluding carboxylic acids is 1. The fourth-order valence-corrected chi connectivity index (χ4v) is 3.84. The van der Waals surface area contributed by atoms with Crippen molar-refractivity contribution >= 4 is 5.91 Å². The SMILES string of the molecule is CC[NH+]1CCN(C(=O)c2c(C)nn(-c3cccc(C)c3)c2C(C)C)CC1. The van der Waals surface area contributed by atoms with E-state index in [2.05, 4.69) is 45.9 Å². The van der Waals surface area contributed by atoms with Gasteiger partial charge in [-0.1, -0.05) is 26.0 Å². The molecule has 3 rings (SSSR count). The average Bonchev–Trinajstić information content (AvgIpc) is 2.98. The predicted octanol–water partition coefficient (Wildman–Crippen LogP) is 1.97. The Hall–Kier alpha value is -2.14. The van der Waals surface area contributed by atoms with Crippen molar-refractivity contribution in [2.75, 3.05) is 32.7 Å². The molecule has 0 bridgehead atoms. The zero-order chi connectivity index (χ0) is 18.8. The number of amides is 1. The topological polar surface area (TPSA) is 42.6 Å². The van der Waals surface area contributed by atoms with Gasteiger partial charge in [-0.15, -0.1) is 0 Å². The number of aromatic nitrogens is 2. The average molecular weight is 356 g/mol. The van der Waals surface area contributed by atoms with Crippen LogP contribution >= 0.6 is 0 Å². The van der Waals surface area contributed by atoms with Crippen LogP contribution in [0.25, 0.3) is 5.69 Å². The molecule has 2 aromatic rings.